The van der Waals surface area contributed by atoms with Crippen molar-refractivity contribution in [2.24, 2.45) is 0 Å². The third-order valence-corrected chi connectivity index (χ3v) is 5.03. The van der Waals surface area contributed by atoms with E-state index in [-0.39, 0.29) is 5.56 Å². The summed E-state index contributed by atoms with van der Waals surface area (Å²) < 4.78 is 5.41. The van der Waals surface area contributed by atoms with E-state index in [9.17, 15) is 9.59 Å². The first kappa shape index (κ1) is 16.6. The molecule has 26 heavy (non-hydrogen) atoms. The molecule has 1 amide bonds. The fourth-order valence-electron chi connectivity index (χ4n) is 3.30. The molecule has 1 saturated carbocycles. The first-order chi connectivity index (χ1) is 12.5. The van der Waals surface area contributed by atoms with Crippen LogP contribution in [0.25, 0.3) is 11.0 Å². The van der Waals surface area contributed by atoms with Crippen LogP contribution in [0.2, 0.25) is 0 Å². The van der Waals surface area contributed by atoms with Crippen molar-refractivity contribution in [1.29, 1.82) is 0 Å². The highest BCUT2D eigenvalue weighted by molar-refractivity contribution is 6.05. The van der Waals surface area contributed by atoms with Crippen LogP contribution in [-0.4, -0.2) is 15.9 Å². The number of nitrogens with zero attached hydrogens (tertiary/aromatic N) is 1. The van der Waals surface area contributed by atoms with Crippen LogP contribution in [0.5, 0.6) is 0 Å². The average Bonchev–Trinajstić information content (AvgIpc) is 2.95. The van der Waals surface area contributed by atoms with Crippen LogP contribution in [-0.2, 0) is 6.42 Å². The highest BCUT2D eigenvalue weighted by Gasteiger charge is 2.25. The van der Waals surface area contributed by atoms with E-state index < -0.39 is 11.5 Å². The van der Waals surface area contributed by atoms with Gasteiger partial charge in [0.15, 0.2) is 0 Å². The zero-order chi connectivity index (χ0) is 18.3. The van der Waals surface area contributed by atoms with Gasteiger partial charge in [0.2, 0.25) is 0 Å². The van der Waals surface area contributed by atoms with Gasteiger partial charge >= 0.3 is 5.63 Å². The summed E-state index contributed by atoms with van der Waals surface area (Å²) in [6, 6.07) is 7.26. The lowest BCUT2D eigenvalue weighted by Gasteiger charge is -2.24. The average molecular weight is 351 g/mol. The minimum absolute atomic E-state index is 0.0621. The van der Waals surface area contributed by atoms with Crippen LogP contribution in [0, 0.1) is 6.92 Å². The van der Waals surface area contributed by atoms with Crippen LogP contribution in [0.4, 0.5) is 5.69 Å². The number of hydrogen-bond acceptors (Lipinski definition) is 4. The van der Waals surface area contributed by atoms with Gasteiger partial charge in [-0.2, -0.15) is 0 Å². The van der Waals surface area contributed by atoms with Gasteiger partial charge in [0.25, 0.3) is 5.91 Å². The van der Waals surface area contributed by atoms with Crippen LogP contribution in [0.3, 0.4) is 0 Å². The smallest absolute Gasteiger partial charge is 0.349 e. The molecule has 2 aromatic heterocycles. The molecule has 2 N–H and O–H groups in total. The fourth-order valence-corrected chi connectivity index (χ4v) is 3.30. The van der Waals surface area contributed by atoms with E-state index in [1.807, 2.05) is 25.1 Å². The lowest BCUT2D eigenvalue weighted by molar-refractivity contribution is 0.102. The van der Waals surface area contributed by atoms with Gasteiger partial charge in [-0.3, -0.25) is 4.79 Å². The summed E-state index contributed by atoms with van der Waals surface area (Å²) in [6.45, 7) is 3.80. The molecule has 0 aliphatic heterocycles. The number of amides is 1. The van der Waals surface area contributed by atoms with Crippen LogP contribution >= 0.6 is 0 Å². The monoisotopic (exact) mass is 351 g/mol. The number of fused-ring (bicyclic) bond motifs is 1. The highest BCUT2D eigenvalue weighted by Crippen LogP contribution is 2.36. The number of aromatic amines is 1. The van der Waals surface area contributed by atoms with Crippen molar-refractivity contribution in [3.8, 4) is 0 Å². The second-order valence-electron chi connectivity index (χ2n) is 6.85. The predicted octanol–water partition coefficient (Wildman–Crippen LogP) is 3.91. The molecule has 134 valence electrons. The number of hydrogen-bond donors (Lipinski definition) is 2. The largest absolute Gasteiger partial charge is 0.427 e. The first-order valence-corrected chi connectivity index (χ1v) is 8.99. The number of rotatable bonds is 4. The second kappa shape index (κ2) is 6.44. The number of carbonyl (C=O) groups excluding carboxylic acids is 1. The predicted molar refractivity (Wildman–Crippen MR) is 99.7 cm³/mol. The maximum Gasteiger partial charge on any atom is 0.349 e. The Morgan fingerprint density at radius 3 is 2.81 bits per heavy atom. The molecule has 6 nitrogen and oxygen atoms in total. The lowest BCUT2D eigenvalue weighted by Crippen LogP contribution is -2.24. The Kier molecular flexibility index (Phi) is 4.11. The maximum atomic E-state index is 12.6. The maximum absolute atomic E-state index is 12.6. The van der Waals surface area contributed by atoms with Crippen LogP contribution < -0.4 is 10.9 Å². The summed E-state index contributed by atoms with van der Waals surface area (Å²) in [7, 11) is 0. The summed E-state index contributed by atoms with van der Waals surface area (Å²) in [5.74, 6) is 1.45. The van der Waals surface area contributed by atoms with E-state index in [0.717, 1.165) is 42.5 Å². The molecule has 0 unspecified atom stereocenters. The molecule has 3 aromatic rings. The van der Waals surface area contributed by atoms with Gasteiger partial charge < -0.3 is 14.7 Å². The van der Waals surface area contributed by atoms with Crippen molar-refractivity contribution < 1.29 is 9.21 Å². The Hall–Kier alpha value is -2.89. The molecule has 1 aliphatic carbocycles. The number of aryl methyl sites for hydroxylation is 2. The Morgan fingerprint density at radius 1 is 1.35 bits per heavy atom. The van der Waals surface area contributed by atoms with E-state index in [2.05, 4.69) is 15.3 Å². The topological polar surface area (TPSA) is 88.0 Å². The number of nitrogens with one attached hydrogen (secondary N) is 2. The van der Waals surface area contributed by atoms with Gasteiger partial charge in [-0.1, -0.05) is 13.3 Å². The molecule has 0 bridgehead atoms. The number of anilines is 1. The molecular weight excluding hydrogens is 330 g/mol. The summed E-state index contributed by atoms with van der Waals surface area (Å²) in [5, 5.41) is 2.79. The van der Waals surface area contributed by atoms with Gasteiger partial charge in [-0.15, -0.1) is 0 Å². The third-order valence-electron chi connectivity index (χ3n) is 5.03. The molecule has 0 radical (unpaired) electrons. The standard InChI is InChI=1S/C20H21N3O3/c1-3-17-22-14-8-7-13(10-15(14)23-17)21-19(24)18-11(2)9-16(26-20(18)25)12-5-4-6-12/h7-10,12H,3-6H2,1-2H3,(H,21,24)(H,22,23). The molecule has 6 heteroatoms. The normalized spacial score (nSPS) is 14.4. The highest BCUT2D eigenvalue weighted by atomic mass is 16.4. The third kappa shape index (κ3) is 2.92. The Morgan fingerprint density at radius 2 is 2.15 bits per heavy atom. The van der Waals surface area contributed by atoms with E-state index >= 15 is 0 Å². The fraction of sp³-hybridized carbons (Fsp3) is 0.350. The van der Waals surface area contributed by atoms with Crippen LogP contribution in [0.1, 0.15) is 59.6 Å². The Labute approximate surface area is 150 Å². The van der Waals surface area contributed by atoms with Gasteiger partial charge in [0.05, 0.1) is 11.0 Å². The number of carbonyl (C=O) groups is 1. The molecule has 4 rings (SSSR count). The number of imidazole rings is 1. The molecule has 0 atom stereocenters. The van der Waals surface area contributed by atoms with Gasteiger partial charge in [0, 0.05) is 18.0 Å². The SMILES string of the molecule is CCc1nc2ccc(NC(=O)c3c(C)cc(C4CCC4)oc3=O)cc2[nH]1. The zero-order valence-electron chi connectivity index (χ0n) is 14.9. The van der Waals surface area contributed by atoms with Crippen molar-refractivity contribution in [2.75, 3.05) is 5.32 Å². The number of H-pyrrole nitrogens is 1. The Balaban J connectivity index is 1.60. The molecule has 1 fully saturated rings. The quantitative estimate of drug-likeness (QED) is 0.746. The van der Waals surface area contributed by atoms with E-state index in [1.54, 1.807) is 13.0 Å². The summed E-state index contributed by atoms with van der Waals surface area (Å²) >= 11 is 0. The van der Waals surface area contributed by atoms with E-state index in [0.29, 0.717) is 22.9 Å². The van der Waals surface area contributed by atoms with E-state index in [4.69, 9.17) is 4.42 Å². The van der Waals surface area contributed by atoms with Crippen molar-refractivity contribution in [3.05, 3.63) is 57.4 Å². The minimum atomic E-state index is -0.569. The van der Waals surface area contributed by atoms with E-state index in [1.165, 1.54) is 0 Å². The molecule has 1 aromatic carbocycles. The zero-order valence-corrected chi connectivity index (χ0v) is 14.9. The molecule has 0 spiro atoms. The van der Waals surface area contributed by atoms with Crippen molar-refractivity contribution >= 4 is 22.6 Å². The van der Waals surface area contributed by atoms with Gasteiger partial charge in [-0.25, -0.2) is 9.78 Å². The second-order valence-corrected chi connectivity index (χ2v) is 6.85. The number of aromatic nitrogens is 2. The first-order valence-electron chi connectivity index (χ1n) is 8.99. The van der Waals surface area contributed by atoms with Gasteiger partial charge in [-0.05, 0) is 49.6 Å². The van der Waals surface area contributed by atoms with Crippen molar-refractivity contribution in [2.45, 2.75) is 45.4 Å². The van der Waals surface area contributed by atoms with Crippen molar-refractivity contribution in [1.82, 2.24) is 9.97 Å². The molecule has 1 aliphatic rings. The van der Waals surface area contributed by atoms with Crippen LogP contribution in [0.15, 0.2) is 33.5 Å². The molecule has 2 heterocycles. The number of benzene rings is 1. The Bertz CT molecular complexity index is 1040. The molecular formula is C20H21N3O3. The summed E-state index contributed by atoms with van der Waals surface area (Å²) in [5.41, 5.74) is 2.45. The molecule has 0 saturated heterocycles. The van der Waals surface area contributed by atoms with Gasteiger partial charge in [0.1, 0.15) is 17.1 Å². The lowest BCUT2D eigenvalue weighted by atomic mass is 9.83. The summed E-state index contributed by atoms with van der Waals surface area (Å²) in [6.07, 6.45) is 4.05. The van der Waals surface area contributed by atoms with Crippen molar-refractivity contribution in [3.63, 3.8) is 0 Å². The summed E-state index contributed by atoms with van der Waals surface area (Å²) in [4.78, 5) is 32.6. The minimum Gasteiger partial charge on any atom is -0.427 e.